The fourth-order valence-corrected chi connectivity index (χ4v) is 3.03. The molecule has 4 heteroatoms. The summed E-state index contributed by atoms with van der Waals surface area (Å²) in [7, 11) is 0. The van der Waals surface area contributed by atoms with Crippen LogP contribution in [0.1, 0.15) is 27.2 Å². The lowest BCUT2D eigenvalue weighted by molar-refractivity contribution is 0.341. The summed E-state index contributed by atoms with van der Waals surface area (Å²) >= 11 is 1.70. The van der Waals surface area contributed by atoms with Gasteiger partial charge in [0.15, 0.2) is 5.13 Å². The van der Waals surface area contributed by atoms with Gasteiger partial charge >= 0.3 is 0 Å². The molecule has 1 aromatic carbocycles. The molecule has 3 rings (SSSR count). The standard InChI is InChI=1S/C14H18N2OS/c1-4-17-9-5-6-10-11(7-9)18-13(15-10)16-12-8-14(12,2)3/h5-7,12H,4,8H2,1-3H3,(H,15,16). The van der Waals surface area contributed by atoms with E-state index in [2.05, 4.69) is 30.2 Å². The van der Waals surface area contributed by atoms with Gasteiger partial charge in [-0.3, -0.25) is 0 Å². The van der Waals surface area contributed by atoms with Crippen molar-refractivity contribution < 1.29 is 4.74 Å². The molecule has 1 aliphatic carbocycles. The number of fused-ring (bicyclic) bond motifs is 1. The molecule has 0 amide bonds. The number of nitrogens with zero attached hydrogens (tertiary/aromatic N) is 1. The molecule has 1 aromatic heterocycles. The van der Waals surface area contributed by atoms with Crippen molar-refractivity contribution in [2.24, 2.45) is 5.41 Å². The van der Waals surface area contributed by atoms with Crippen molar-refractivity contribution in [2.45, 2.75) is 33.2 Å². The Morgan fingerprint density at radius 3 is 2.94 bits per heavy atom. The van der Waals surface area contributed by atoms with Crippen molar-refractivity contribution in [2.75, 3.05) is 11.9 Å². The first-order valence-corrected chi connectivity index (χ1v) is 7.20. The summed E-state index contributed by atoms with van der Waals surface area (Å²) < 4.78 is 6.69. The summed E-state index contributed by atoms with van der Waals surface area (Å²) in [5.74, 6) is 0.923. The topological polar surface area (TPSA) is 34.1 Å². The number of rotatable bonds is 4. The molecule has 0 spiro atoms. The third kappa shape index (κ3) is 2.17. The third-order valence-electron chi connectivity index (χ3n) is 3.48. The smallest absolute Gasteiger partial charge is 0.184 e. The third-order valence-corrected chi connectivity index (χ3v) is 4.43. The van der Waals surface area contributed by atoms with E-state index in [9.17, 15) is 0 Å². The van der Waals surface area contributed by atoms with Gasteiger partial charge in [-0.2, -0.15) is 0 Å². The maximum Gasteiger partial charge on any atom is 0.184 e. The van der Waals surface area contributed by atoms with Gasteiger partial charge in [0.25, 0.3) is 0 Å². The first kappa shape index (κ1) is 11.8. The molecular formula is C14H18N2OS. The zero-order valence-corrected chi connectivity index (χ0v) is 11.8. The molecule has 1 heterocycles. The van der Waals surface area contributed by atoms with E-state index in [1.54, 1.807) is 11.3 Å². The number of thiazole rings is 1. The average Bonchev–Trinajstić information content (AvgIpc) is 2.72. The average molecular weight is 262 g/mol. The molecule has 0 radical (unpaired) electrons. The van der Waals surface area contributed by atoms with Crippen LogP contribution in [-0.2, 0) is 0 Å². The van der Waals surface area contributed by atoms with E-state index in [4.69, 9.17) is 4.74 Å². The van der Waals surface area contributed by atoms with E-state index in [0.29, 0.717) is 18.1 Å². The minimum absolute atomic E-state index is 0.425. The van der Waals surface area contributed by atoms with Crippen LogP contribution in [0.4, 0.5) is 5.13 Å². The molecule has 18 heavy (non-hydrogen) atoms. The second kappa shape index (κ2) is 4.12. The highest BCUT2D eigenvalue weighted by atomic mass is 32.1. The summed E-state index contributed by atoms with van der Waals surface area (Å²) in [6, 6.07) is 6.65. The van der Waals surface area contributed by atoms with E-state index < -0.39 is 0 Å². The highest BCUT2D eigenvalue weighted by molar-refractivity contribution is 7.22. The van der Waals surface area contributed by atoms with E-state index in [1.807, 2.05) is 19.1 Å². The summed E-state index contributed by atoms with van der Waals surface area (Å²) in [6.07, 6.45) is 1.23. The van der Waals surface area contributed by atoms with Crippen LogP contribution in [0.5, 0.6) is 5.75 Å². The lowest BCUT2D eigenvalue weighted by Crippen LogP contribution is -2.07. The molecule has 1 saturated carbocycles. The monoisotopic (exact) mass is 262 g/mol. The van der Waals surface area contributed by atoms with Gasteiger partial charge in [0.05, 0.1) is 16.8 Å². The fraction of sp³-hybridized carbons (Fsp3) is 0.500. The molecule has 1 aliphatic rings. The van der Waals surface area contributed by atoms with Crippen molar-refractivity contribution in [1.29, 1.82) is 0 Å². The summed E-state index contributed by atoms with van der Waals surface area (Å²) in [5, 5.41) is 4.54. The van der Waals surface area contributed by atoms with Crippen molar-refractivity contribution in [3.05, 3.63) is 18.2 Å². The van der Waals surface area contributed by atoms with Gasteiger partial charge in [0.1, 0.15) is 5.75 Å². The quantitative estimate of drug-likeness (QED) is 0.907. The number of anilines is 1. The van der Waals surface area contributed by atoms with E-state index in [0.717, 1.165) is 16.4 Å². The first-order chi connectivity index (χ1) is 8.58. The Kier molecular flexibility index (Phi) is 2.70. The number of hydrogen-bond donors (Lipinski definition) is 1. The van der Waals surface area contributed by atoms with Crippen molar-refractivity contribution in [1.82, 2.24) is 4.98 Å². The number of nitrogens with one attached hydrogen (secondary N) is 1. The molecular weight excluding hydrogens is 244 g/mol. The molecule has 1 unspecified atom stereocenters. The van der Waals surface area contributed by atoms with Crippen LogP contribution in [0.25, 0.3) is 10.2 Å². The van der Waals surface area contributed by atoms with E-state index >= 15 is 0 Å². The van der Waals surface area contributed by atoms with Crippen LogP contribution >= 0.6 is 11.3 Å². The molecule has 0 saturated heterocycles. The molecule has 2 aromatic rings. The van der Waals surface area contributed by atoms with Gasteiger partial charge in [-0.1, -0.05) is 25.2 Å². The van der Waals surface area contributed by atoms with Gasteiger partial charge in [-0.25, -0.2) is 4.98 Å². The van der Waals surface area contributed by atoms with Gasteiger partial charge < -0.3 is 10.1 Å². The Hall–Kier alpha value is -1.29. The van der Waals surface area contributed by atoms with Crippen LogP contribution in [0.2, 0.25) is 0 Å². The molecule has 1 fully saturated rings. The number of hydrogen-bond acceptors (Lipinski definition) is 4. The highest BCUT2D eigenvalue weighted by Crippen LogP contribution is 2.47. The van der Waals surface area contributed by atoms with Gasteiger partial charge in [-0.05, 0) is 37.0 Å². The number of aromatic nitrogens is 1. The second-order valence-corrected chi connectivity index (χ2v) is 6.50. The largest absolute Gasteiger partial charge is 0.494 e. The summed E-state index contributed by atoms with van der Waals surface area (Å²) in [4.78, 5) is 4.61. The number of benzene rings is 1. The Bertz CT molecular complexity index is 576. The molecule has 1 atom stereocenters. The van der Waals surface area contributed by atoms with Gasteiger partial charge in [0, 0.05) is 6.04 Å². The van der Waals surface area contributed by atoms with Crippen LogP contribution < -0.4 is 10.1 Å². The fourth-order valence-electron chi connectivity index (χ4n) is 2.09. The molecule has 96 valence electrons. The van der Waals surface area contributed by atoms with Gasteiger partial charge in [-0.15, -0.1) is 0 Å². The zero-order chi connectivity index (χ0) is 12.8. The number of ether oxygens (including phenoxy) is 1. The van der Waals surface area contributed by atoms with E-state index in [1.165, 1.54) is 11.1 Å². The second-order valence-electron chi connectivity index (χ2n) is 5.47. The summed E-state index contributed by atoms with van der Waals surface area (Å²) in [5.41, 5.74) is 1.47. The Morgan fingerprint density at radius 1 is 1.50 bits per heavy atom. The van der Waals surface area contributed by atoms with E-state index in [-0.39, 0.29) is 0 Å². The normalized spacial score (nSPS) is 20.9. The van der Waals surface area contributed by atoms with Crippen LogP contribution in [-0.4, -0.2) is 17.6 Å². The van der Waals surface area contributed by atoms with Gasteiger partial charge in [0.2, 0.25) is 0 Å². The molecule has 1 N–H and O–H groups in total. The maximum absolute atomic E-state index is 5.51. The first-order valence-electron chi connectivity index (χ1n) is 6.38. The lowest BCUT2D eigenvalue weighted by Gasteiger charge is -2.03. The SMILES string of the molecule is CCOc1ccc2nc(NC3CC3(C)C)sc2c1. The lowest BCUT2D eigenvalue weighted by atomic mass is 10.2. The van der Waals surface area contributed by atoms with Crippen LogP contribution in [0.3, 0.4) is 0 Å². The summed E-state index contributed by atoms with van der Waals surface area (Å²) in [6.45, 7) is 7.26. The Labute approximate surface area is 111 Å². The zero-order valence-electron chi connectivity index (χ0n) is 11.0. The Morgan fingerprint density at radius 2 is 2.28 bits per heavy atom. The van der Waals surface area contributed by atoms with Crippen LogP contribution in [0.15, 0.2) is 18.2 Å². The van der Waals surface area contributed by atoms with Crippen LogP contribution in [0, 0.1) is 5.41 Å². The highest BCUT2D eigenvalue weighted by Gasteiger charge is 2.46. The predicted molar refractivity (Wildman–Crippen MR) is 76.6 cm³/mol. The predicted octanol–water partition coefficient (Wildman–Crippen LogP) is 3.91. The van der Waals surface area contributed by atoms with Crippen molar-refractivity contribution in [3.63, 3.8) is 0 Å². The minimum Gasteiger partial charge on any atom is -0.494 e. The van der Waals surface area contributed by atoms with Crippen molar-refractivity contribution in [3.8, 4) is 5.75 Å². The minimum atomic E-state index is 0.425. The molecule has 0 aliphatic heterocycles. The molecule has 3 nitrogen and oxygen atoms in total. The Balaban J connectivity index is 1.82. The van der Waals surface area contributed by atoms with Crippen molar-refractivity contribution >= 4 is 26.7 Å². The molecule has 0 bridgehead atoms. The maximum atomic E-state index is 5.51.